The number of piperazine rings is 1. The van der Waals surface area contributed by atoms with Gasteiger partial charge in [-0.3, -0.25) is 24.2 Å². The van der Waals surface area contributed by atoms with E-state index in [1.807, 2.05) is 151 Å². The first-order chi connectivity index (χ1) is 38.2. The standard InChI is InChI=1S/C63H60N8O7/c1-43(46-22-9-4-10-23-46)66-62(76)70-51-31-30-44(21-17-34-67(2)42-45-19-7-3-8-20-45)41-50(51)63(60(70)75)53(58(73)68-35-37-69(38-36-68)61-64-32-18-33-65-61)55-59(74)78-56(48-26-13-6-14-27-48)54(47-24-11-5-12-25-47)71(55)57(63)49-28-15-16-29-52(49)77-40-39-72/h3-16,18-20,22-33,41,43,53-57,72H,34-40,42H2,1-2H3,(H,66,76)/t43-,53+,54+,55+,56-,57-,63+/m1/s1. The predicted molar refractivity (Wildman–Crippen MR) is 295 cm³/mol. The summed E-state index contributed by atoms with van der Waals surface area (Å²) in [6, 6.07) is 48.4. The van der Waals surface area contributed by atoms with Crippen LogP contribution >= 0.6 is 0 Å². The molecule has 1 aromatic heterocycles. The van der Waals surface area contributed by atoms with Crippen molar-refractivity contribution in [2.45, 2.75) is 49.2 Å². The van der Waals surface area contributed by atoms with Crippen molar-refractivity contribution in [2.24, 2.45) is 5.92 Å². The van der Waals surface area contributed by atoms with Crippen LogP contribution in [-0.4, -0.2) is 113 Å². The van der Waals surface area contributed by atoms with Gasteiger partial charge in [0.05, 0.1) is 42.9 Å². The molecule has 4 amide bonds. The first kappa shape index (κ1) is 51.4. The normalized spacial score (nSPS) is 22.1. The molecule has 1 spiro atoms. The van der Waals surface area contributed by atoms with Gasteiger partial charge in [-0.2, -0.15) is 0 Å². The van der Waals surface area contributed by atoms with Crippen molar-refractivity contribution in [2.75, 3.05) is 62.8 Å². The Hall–Kier alpha value is -8.68. The van der Waals surface area contributed by atoms with Crippen molar-refractivity contribution in [1.29, 1.82) is 0 Å². The lowest BCUT2D eigenvalue weighted by Crippen LogP contribution is -2.59. The Morgan fingerprint density at radius 1 is 0.795 bits per heavy atom. The van der Waals surface area contributed by atoms with E-state index in [9.17, 15) is 5.11 Å². The van der Waals surface area contributed by atoms with E-state index in [2.05, 4.69) is 44.2 Å². The number of hydrogen-bond donors (Lipinski definition) is 2. The third kappa shape index (κ3) is 9.63. The molecule has 5 heterocycles. The van der Waals surface area contributed by atoms with Crippen molar-refractivity contribution in [3.05, 3.63) is 221 Å². The fourth-order valence-corrected chi connectivity index (χ4v) is 12.0. The second-order valence-corrected chi connectivity index (χ2v) is 20.2. The number of aliphatic hydroxyl groups excluding tert-OH is 1. The molecule has 0 bridgehead atoms. The Balaban J connectivity index is 1.15. The van der Waals surface area contributed by atoms with Crippen molar-refractivity contribution >= 4 is 35.5 Å². The second-order valence-electron chi connectivity index (χ2n) is 20.2. The molecule has 0 aliphatic carbocycles. The molecule has 2 N–H and O–H groups in total. The highest BCUT2D eigenvalue weighted by molar-refractivity contribution is 6.24. The van der Waals surface area contributed by atoms with Gasteiger partial charge in [-0.25, -0.2) is 19.7 Å². The molecule has 6 aromatic carbocycles. The van der Waals surface area contributed by atoms with Crippen LogP contribution in [0.5, 0.6) is 5.75 Å². The average molecular weight is 1040 g/mol. The number of aliphatic hydroxyl groups is 1. The Kier molecular flexibility index (Phi) is 14.8. The number of carbonyl (C=O) groups is 4. The van der Waals surface area contributed by atoms with E-state index in [1.165, 1.54) is 0 Å². The summed E-state index contributed by atoms with van der Waals surface area (Å²) in [7, 11) is 1.99. The largest absolute Gasteiger partial charge is 0.491 e. The monoisotopic (exact) mass is 1040 g/mol. The topological polar surface area (TPSA) is 161 Å². The van der Waals surface area contributed by atoms with Crippen LogP contribution in [0.1, 0.15) is 70.1 Å². The lowest BCUT2D eigenvalue weighted by atomic mass is 9.64. The molecule has 0 radical (unpaired) electrons. The summed E-state index contributed by atoms with van der Waals surface area (Å²) in [6.07, 6.45) is 2.41. The predicted octanol–water partition coefficient (Wildman–Crippen LogP) is 7.82. The first-order valence-electron chi connectivity index (χ1n) is 26.4. The number of benzene rings is 6. The van der Waals surface area contributed by atoms with Gasteiger partial charge >= 0.3 is 12.0 Å². The van der Waals surface area contributed by atoms with Crippen LogP contribution in [0, 0.1) is 17.8 Å². The summed E-state index contributed by atoms with van der Waals surface area (Å²) >= 11 is 0. The summed E-state index contributed by atoms with van der Waals surface area (Å²) in [5, 5.41) is 13.4. The highest BCUT2D eigenvalue weighted by Gasteiger charge is 2.76. The summed E-state index contributed by atoms with van der Waals surface area (Å²) in [4.78, 5) is 82.9. The third-order valence-corrected chi connectivity index (χ3v) is 15.4. The zero-order valence-corrected chi connectivity index (χ0v) is 43.5. The van der Waals surface area contributed by atoms with E-state index in [-0.39, 0.29) is 32.0 Å². The maximum absolute atomic E-state index is 17.1. The number of ether oxygens (including phenoxy) is 2. The van der Waals surface area contributed by atoms with Gasteiger partial charge in [0.2, 0.25) is 17.8 Å². The van der Waals surface area contributed by atoms with Crippen LogP contribution in [0.25, 0.3) is 0 Å². The van der Waals surface area contributed by atoms with Gasteiger partial charge in [0.15, 0.2) is 0 Å². The zero-order valence-electron chi connectivity index (χ0n) is 43.5. The first-order valence-corrected chi connectivity index (χ1v) is 26.4. The molecule has 0 unspecified atom stereocenters. The molecule has 394 valence electrons. The molecule has 4 aliphatic rings. The number of carbonyl (C=O) groups excluding carboxylic acids is 4. The van der Waals surface area contributed by atoms with Crippen LogP contribution in [0.15, 0.2) is 182 Å². The minimum Gasteiger partial charge on any atom is -0.491 e. The van der Waals surface area contributed by atoms with Crippen molar-refractivity contribution in [3.63, 3.8) is 0 Å². The van der Waals surface area contributed by atoms with Gasteiger partial charge in [-0.05, 0) is 72.1 Å². The Labute approximate surface area is 454 Å². The number of nitrogens with one attached hydrogen (secondary N) is 1. The van der Waals surface area contributed by atoms with Gasteiger partial charge in [0, 0.05) is 56.2 Å². The molecule has 0 saturated carbocycles. The van der Waals surface area contributed by atoms with Crippen LogP contribution in [0.4, 0.5) is 16.4 Å². The molecule has 15 nitrogen and oxygen atoms in total. The van der Waals surface area contributed by atoms with E-state index in [0.29, 0.717) is 60.1 Å². The van der Waals surface area contributed by atoms with Gasteiger partial charge in [-0.1, -0.05) is 151 Å². The number of anilines is 2. The molecule has 78 heavy (non-hydrogen) atoms. The van der Waals surface area contributed by atoms with E-state index in [1.54, 1.807) is 47.6 Å². The number of aromatic nitrogens is 2. The van der Waals surface area contributed by atoms with Crippen molar-refractivity contribution in [3.8, 4) is 17.6 Å². The minimum absolute atomic E-state index is 0.0936. The van der Waals surface area contributed by atoms with Crippen LogP contribution in [0.3, 0.4) is 0 Å². The lowest BCUT2D eigenvalue weighted by Gasteiger charge is -2.46. The molecule has 4 aliphatic heterocycles. The molecule has 11 rings (SSSR count). The highest BCUT2D eigenvalue weighted by Crippen LogP contribution is 2.67. The third-order valence-electron chi connectivity index (χ3n) is 15.4. The number of esters is 1. The average Bonchev–Trinajstić information content (AvgIpc) is 3.97. The van der Waals surface area contributed by atoms with E-state index in [4.69, 9.17) is 9.47 Å². The molecule has 3 saturated heterocycles. The Morgan fingerprint density at radius 3 is 2.13 bits per heavy atom. The number of cyclic esters (lactones) is 1. The maximum atomic E-state index is 17.1. The fraction of sp³-hybridized carbons (Fsp3) is 0.270. The number of para-hydroxylation sites is 1. The minimum atomic E-state index is -2.05. The Bertz CT molecular complexity index is 3340. The van der Waals surface area contributed by atoms with Gasteiger partial charge in [0.25, 0.3) is 0 Å². The number of amides is 4. The van der Waals surface area contributed by atoms with Gasteiger partial charge < -0.3 is 29.7 Å². The lowest BCUT2D eigenvalue weighted by molar-refractivity contribution is -0.179. The van der Waals surface area contributed by atoms with Gasteiger partial charge in [0.1, 0.15) is 29.9 Å². The molecule has 15 heteroatoms. The van der Waals surface area contributed by atoms with Crippen LogP contribution < -0.4 is 19.9 Å². The summed E-state index contributed by atoms with van der Waals surface area (Å²) in [5.74, 6) is 4.20. The Morgan fingerprint density at radius 2 is 1.44 bits per heavy atom. The molecular formula is C63H60N8O7. The van der Waals surface area contributed by atoms with E-state index >= 15 is 19.2 Å². The smallest absolute Gasteiger partial charge is 0.329 e. The molecule has 3 fully saturated rings. The zero-order chi connectivity index (χ0) is 53.8. The van der Waals surface area contributed by atoms with E-state index in [0.717, 1.165) is 21.6 Å². The van der Waals surface area contributed by atoms with Crippen molar-refractivity contribution in [1.82, 2.24) is 30.0 Å². The number of morpholine rings is 1. The number of urea groups is 1. The number of imide groups is 1. The number of hydrogen-bond acceptors (Lipinski definition) is 12. The van der Waals surface area contributed by atoms with E-state index < -0.39 is 65.4 Å². The number of rotatable bonds is 13. The SMILES string of the molecule is C[C@@H](NC(=O)N1C(=O)[C@@]2(c3cc(C#CCN(C)Cc4ccccc4)ccc31)[C@H](C(=O)N1CCN(c3ncccn3)CC1)[C@H]1C(=O)O[C@H](c3ccccc3)[C@H](c3ccccc3)N1[C@@H]2c1ccccc1OCCO)c1ccccc1. The van der Waals surface area contributed by atoms with Crippen LogP contribution in [0.2, 0.25) is 0 Å². The molecule has 7 atom stereocenters. The van der Waals surface area contributed by atoms with Gasteiger partial charge in [-0.15, -0.1) is 0 Å². The molecule has 7 aromatic rings. The second kappa shape index (κ2) is 22.5. The highest BCUT2D eigenvalue weighted by atomic mass is 16.6. The number of nitrogens with zero attached hydrogens (tertiary/aromatic N) is 7. The summed E-state index contributed by atoms with van der Waals surface area (Å²) in [6.45, 7) is 3.67. The quantitative estimate of drug-likeness (QED) is 0.0853. The maximum Gasteiger partial charge on any atom is 0.329 e. The van der Waals surface area contributed by atoms with Crippen LogP contribution in [-0.2, 0) is 31.1 Å². The molecular weight excluding hydrogens is 981 g/mol. The fourth-order valence-electron chi connectivity index (χ4n) is 12.0. The van der Waals surface area contributed by atoms with Crippen molar-refractivity contribution < 1.29 is 33.8 Å². The summed E-state index contributed by atoms with van der Waals surface area (Å²) in [5.41, 5.74) is 2.97. The summed E-state index contributed by atoms with van der Waals surface area (Å²) < 4.78 is 13.2. The number of fused-ring (bicyclic) bond motifs is 3.